The number of carbonyl (C=O) groups excluding carboxylic acids is 1. The van der Waals surface area contributed by atoms with E-state index in [1.54, 1.807) is 18.2 Å². The van der Waals surface area contributed by atoms with Gasteiger partial charge in [0.15, 0.2) is 0 Å². The maximum absolute atomic E-state index is 13.5. The van der Waals surface area contributed by atoms with E-state index >= 15 is 0 Å². The van der Waals surface area contributed by atoms with E-state index in [2.05, 4.69) is 20.6 Å². The van der Waals surface area contributed by atoms with Gasteiger partial charge in [-0.2, -0.15) is 0 Å². The van der Waals surface area contributed by atoms with Gasteiger partial charge in [0.05, 0.1) is 11.7 Å². The first-order valence-corrected chi connectivity index (χ1v) is 8.41. The maximum atomic E-state index is 13.5. The zero-order valence-electron chi connectivity index (χ0n) is 13.9. The summed E-state index contributed by atoms with van der Waals surface area (Å²) in [4.78, 5) is 20.4. The number of rotatable bonds is 7. The fourth-order valence-electron chi connectivity index (χ4n) is 2.66. The smallest absolute Gasteiger partial charge is 0.254 e. The highest BCUT2D eigenvalue weighted by molar-refractivity contribution is 5.93. The second kappa shape index (κ2) is 8.53. The number of aromatic nitrogens is 2. The van der Waals surface area contributed by atoms with Crippen molar-refractivity contribution in [2.24, 2.45) is 0 Å². The third kappa shape index (κ3) is 4.96. The van der Waals surface area contributed by atoms with Gasteiger partial charge in [-0.3, -0.25) is 4.79 Å². The molecule has 0 spiro atoms. The number of halogens is 1. The highest BCUT2D eigenvalue weighted by Crippen LogP contribution is 2.12. The number of amides is 1. The van der Waals surface area contributed by atoms with E-state index in [1.165, 1.54) is 18.5 Å². The molecule has 1 fully saturated rings. The van der Waals surface area contributed by atoms with Gasteiger partial charge < -0.3 is 15.4 Å². The van der Waals surface area contributed by atoms with Gasteiger partial charge in [0.2, 0.25) is 5.95 Å². The van der Waals surface area contributed by atoms with Crippen molar-refractivity contribution in [3.05, 3.63) is 53.6 Å². The van der Waals surface area contributed by atoms with Crippen molar-refractivity contribution >= 4 is 11.9 Å². The number of ether oxygens (including phenoxy) is 1. The number of hydrogen-bond donors (Lipinski definition) is 2. The lowest BCUT2D eigenvalue weighted by Gasteiger charge is -2.10. The van der Waals surface area contributed by atoms with Crippen molar-refractivity contribution in [1.82, 2.24) is 15.3 Å². The SMILES string of the molecule is O=C(NCCc1ccccc1F)c1cnc(NCC2CCCO2)nc1. The number of carbonyl (C=O) groups is 1. The second-order valence-electron chi connectivity index (χ2n) is 5.91. The fourth-order valence-corrected chi connectivity index (χ4v) is 2.66. The summed E-state index contributed by atoms with van der Waals surface area (Å²) in [6, 6.07) is 6.53. The van der Waals surface area contributed by atoms with E-state index in [0.717, 1.165) is 19.4 Å². The predicted molar refractivity (Wildman–Crippen MR) is 91.9 cm³/mol. The summed E-state index contributed by atoms with van der Waals surface area (Å²) in [6.07, 6.45) is 5.70. The third-order valence-corrected chi connectivity index (χ3v) is 4.06. The van der Waals surface area contributed by atoms with Crippen molar-refractivity contribution in [2.75, 3.05) is 25.0 Å². The predicted octanol–water partition coefficient (Wildman–Crippen LogP) is 2.18. The first-order chi connectivity index (χ1) is 12.2. The lowest BCUT2D eigenvalue weighted by atomic mass is 10.1. The number of anilines is 1. The van der Waals surface area contributed by atoms with Gasteiger partial charge >= 0.3 is 0 Å². The molecule has 1 aliphatic heterocycles. The molecule has 1 unspecified atom stereocenters. The van der Waals surface area contributed by atoms with E-state index in [1.807, 2.05) is 0 Å². The lowest BCUT2D eigenvalue weighted by molar-refractivity contribution is 0.0953. The first kappa shape index (κ1) is 17.3. The minimum atomic E-state index is -0.276. The monoisotopic (exact) mass is 344 g/mol. The lowest BCUT2D eigenvalue weighted by Crippen LogP contribution is -2.26. The summed E-state index contributed by atoms with van der Waals surface area (Å²) >= 11 is 0. The van der Waals surface area contributed by atoms with E-state index in [0.29, 0.717) is 36.6 Å². The molecule has 1 saturated heterocycles. The average Bonchev–Trinajstić information content (AvgIpc) is 3.15. The first-order valence-electron chi connectivity index (χ1n) is 8.41. The van der Waals surface area contributed by atoms with Crippen LogP contribution < -0.4 is 10.6 Å². The molecule has 1 atom stereocenters. The Morgan fingerprint density at radius 1 is 1.28 bits per heavy atom. The summed E-state index contributed by atoms with van der Waals surface area (Å²) in [5.74, 6) is -0.0674. The highest BCUT2D eigenvalue weighted by atomic mass is 19.1. The Morgan fingerprint density at radius 3 is 2.80 bits per heavy atom. The quantitative estimate of drug-likeness (QED) is 0.805. The second-order valence-corrected chi connectivity index (χ2v) is 5.91. The standard InChI is InChI=1S/C18H21FN4O2/c19-16-6-2-1-4-13(16)7-8-20-17(24)14-10-21-18(22-11-14)23-12-15-5-3-9-25-15/h1-2,4,6,10-11,15H,3,5,7-9,12H2,(H,20,24)(H,21,22,23). The Morgan fingerprint density at radius 2 is 2.08 bits per heavy atom. The molecule has 2 N–H and O–H groups in total. The van der Waals surface area contributed by atoms with Crippen LogP contribution in [0.4, 0.5) is 10.3 Å². The van der Waals surface area contributed by atoms with Gasteiger partial charge in [-0.05, 0) is 30.9 Å². The molecule has 3 rings (SSSR count). The summed E-state index contributed by atoms with van der Waals surface area (Å²) in [5, 5.41) is 5.85. The molecule has 0 radical (unpaired) electrons. The highest BCUT2D eigenvalue weighted by Gasteiger charge is 2.15. The zero-order valence-corrected chi connectivity index (χ0v) is 13.9. The minimum absolute atomic E-state index is 0.199. The third-order valence-electron chi connectivity index (χ3n) is 4.06. The number of nitrogens with zero attached hydrogens (tertiary/aromatic N) is 2. The Labute approximate surface area is 145 Å². The molecule has 0 bridgehead atoms. The van der Waals surface area contributed by atoms with E-state index in [4.69, 9.17) is 4.74 Å². The van der Waals surface area contributed by atoms with Crippen LogP contribution in [0.15, 0.2) is 36.7 Å². The van der Waals surface area contributed by atoms with Crippen LogP contribution in [0.25, 0.3) is 0 Å². The topological polar surface area (TPSA) is 76.1 Å². The fraction of sp³-hybridized carbons (Fsp3) is 0.389. The zero-order chi connectivity index (χ0) is 17.5. The molecule has 6 nitrogen and oxygen atoms in total. The van der Waals surface area contributed by atoms with Gasteiger partial charge in [0, 0.05) is 32.1 Å². The van der Waals surface area contributed by atoms with Gasteiger partial charge in [0.1, 0.15) is 5.82 Å². The number of hydrogen-bond acceptors (Lipinski definition) is 5. The van der Waals surface area contributed by atoms with Crippen LogP contribution in [0, 0.1) is 5.82 Å². The summed E-state index contributed by atoms with van der Waals surface area (Å²) in [5.41, 5.74) is 0.948. The van der Waals surface area contributed by atoms with Crippen molar-refractivity contribution in [3.63, 3.8) is 0 Å². The van der Waals surface area contributed by atoms with Crippen molar-refractivity contribution in [3.8, 4) is 0 Å². The Balaban J connectivity index is 1.44. The largest absolute Gasteiger partial charge is 0.376 e. The van der Waals surface area contributed by atoms with Crippen LogP contribution in [0.3, 0.4) is 0 Å². The molecule has 0 saturated carbocycles. The number of benzene rings is 1. The maximum Gasteiger partial charge on any atom is 0.254 e. The van der Waals surface area contributed by atoms with Gasteiger partial charge in [-0.15, -0.1) is 0 Å². The Bertz CT molecular complexity index is 702. The molecule has 132 valence electrons. The summed E-state index contributed by atoms with van der Waals surface area (Å²) in [6.45, 7) is 1.81. The van der Waals surface area contributed by atoms with Crippen LogP contribution in [0.2, 0.25) is 0 Å². The molecule has 2 heterocycles. The molecular formula is C18H21FN4O2. The van der Waals surface area contributed by atoms with Gasteiger partial charge in [0.25, 0.3) is 5.91 Å². The van der Waals surface area contributed by atoms with Crippen LogP contribution in [0.1, 0.15) is 28.8 Å². The molecule has 25 heavy (non-hydrogen) atoms. The normalized spacial score (nSPS) is 16.6. The van der Waals surface area contributed by atoms with Crippen LogP contribution in [-0.4, -0.2) is 41.7 Å². The molecule has 1 amide bonds. The molecule has 1 aromatic carbocycles. The van der Waals surface area contributed by atoms with Crippen LogP contribution in [0.5, 0.6) is 0 Å². The number of nitrogens with one attached hydrogen (secondary N) is 2. The molecule has 1 aromatic heterocycles. The van der Waals surface area contributed by atoms with Crippen molar-refractivity contribution in [2.45, 2.75) is 25.4 Å². The van der Waals surface area contributed by atoms with Crippen molar-refractivity contribution in [1.29, 1.82) is 0 Å². The van der Waals surface area contributed by atoms with Crippen molar-refractivity contribution < 1.29 is 13.9 Å². The average molecular weight is 344 g/mol. The van der Waals surface area contributed by atoms with Crippen LogP contribution >= 0.6 is 0 Å². The Hall–Kier alpha value is -2.54. The van der Waals surface area contributed by atoms with Gasteiger partial charge in [-0.25, -0.2) is 14.4 Å². The van der Waals surface area contributed by atoms with Crippen LogP contribution in [-0.2, 0) is 11.2 Å². The molecule has 1 aliphatic rings. The minimum Gasteiger partial charge on any atom is -0.376 e. The Kier molecular flexibility index (Phi) is 5.90. The van der Waals surface area contributed by atoms with E-state index in [9.17, 15) is 9.18 Å². The molecule has 7 heteroatoms. The summed E-state index contributed by atoms with van der Waals surface area (Å²) in [7, 11) is 0. The molecule has 0 aliphatic carbocycles. The van der Waals surface area contributed by atoms with E-state index in [-0.39, 0.29) is 17.8 Å². The molecule has 2 aromatic rings. The summed E-state index contributed by atoms with van der Waals surface area (Å²) < 4.78 is 19.0. The van der Waals surface area contributed by atoms with E-state index < -0.39 is 0 Å². The molecular weight excluding hydrogens is 323 g/mol. The van der Waals surface area contributed by atoms with Gasteiger partial charge in [-0.1, -0.05) is 18.2 Å².